The van der Waals surface area contributed by atoms with Crippen LogP contribution in [0.5, 0.6) is 0 Å². The predicted octanol–water partition coefficient (Wildman–Crippen LogP) is 2.19. The zero-order valence-electron chi connectivity index (χ0n) is 14.8. The second kappa shape index (κ2) is 9.74. The lowest BCUT2D eigenvalue weighted by Gasteiger charge is -2.33. The molecule has 0 rings (SSSR count). The van der Waals surface area contributed by atoms with E-state index < -0.39 is 71.1 Å². The molecule has 8 nitrogen and oxygen atoms in total. The standard InChI is InChI=1S/C14H16F7NO7S/c1-3-7-22-10(24)12(13(17,18)19,29-9(23)4-2)28-8-5-6-11(15,16)14(20,21)30(25,26)27/h3-4H,1-2,5-8H2,(H,22,24)(H,25,26,27). The molecule has 1 unspecified atom stereocenters. The Morgan fingerprint density at radius 3 is 2.00 bits per heavy atom. The Morgan fingerprint density at radius 1 is 1.07 bits per heavy atom. The normalized spacial score (nSPS) is 15.1. The first kappa shape index (κ1) is 27.8. The van der Waals surface area contributed by atoms with Crippen LogP contribution in [0.25, 0.3) is 0 Å². The molecule has 0 aliphatic heterocycles. The summed E-state index contributed by atoms with van der Waals surface area (Å²) < 4.78 is 130. The van der Waals surface area contributed by atoms with Gasteiger partial charge in [0.05, 0.1) is 6.61 Å². The minimum atomic E-state index is -6.55. The van der Waals surface area contributed by atoms with Crippen LogP contribution in [0.15, 0.2) is 25.3 Å². The molecule has 1 amide bonds. The molecule has 0 aromatic rings. The van der Waals surface area contributed by atoms with Crippen molar-refractivity contribution < 1.29 is 62.8 Å². The third-order valence-corrected chi connectivity index (χ3v) is 4.13. The molecular formula is C14H16F7NO7S. The number of amides is 1. The summed E-state index contributed by atoms with van der Waals surface area (Å²) in [7, 11) is -6.55. The molecule has 0 aliphatic rings. The van der Waals surface area contributed by atoms with Gasteiger partial charge in [-0.05, 0) is 6.42 Å². The first-order valence-corrected chi connectivity index (χ1v) is 9.01. The molecule has 0 saturated carbocycles. The molecular weight excluding hydrogens is 459 g/mol. The number of halogens is 7. The van der Waals surface area contributed by atoms with Crippen LogP contribution in [0, 0.1) is 0 Å². The van der Waals surface area contributed by atoms with E-state index in [2.05, 4.69) is 22.6 Å². The smallest absolute Gasteiger partial charge is 0.412 e. The number of hydrogen-bond acceptors (Lipinski definition) is 6. The number of hydrogen-bond donors (Lipinski definition) is 2. The van der Waals surface area contributed by atoms with Crippen LogP contribution >= 0.6 is 0 Å². The summed E-state index contributed by atoms with van der Waals surface area (Å²) in [5.74, 6) is -13.7. The SMILES string of the molecule is C=CCNC(=O)C(OCCCC(F)(F)C(F)(F)S(=O)(=O)O)(OC(=O)C=C)C(F)(F)F. The van der Waals surface area contributed by atoms with Crippen molar-refractivity contribution in [1.82, 2.24) is 5.32 Å². The summed E-state index contributed by atoms with van der Waals surface area (Å²) >= 11 is 0. The fourth-order valence-electron chi connectivity index (χ4n) is 1.72. The van der Waals surface area contributed by atoms with Crippen LogP contribution in [0.4, 0.5) is 30.7 Å². The van der Waals surface area contributed by atoms with Gasteiger partial charge < -0.3 is 14.8 Å². The molecule has 0 fully saturated rings. The Balaban J connectivity index is 5.63. The number of carbonyl (C=O) groups is 2. The van der Waals surface area contributed by atoms with Crippen LogP contribution in [0.2, 0.25) is 0 Å². The van der Waals surface area contributed by atoms with Gasteiger partial charge in [0.25, 0.3) is 0 Å². The molecule has 0 spiro atoms. The summed E-state index contributed by atoms with van der Waals surface area (Å²) in [4.78, 5) is 23.2. The van der Waals surface area contributed by atoms with Crippen LogP contribution < -0.4 is 5.32 Å². The minimum Gasteiger partial charge on any atom is -0.412 e. The molecule has 30 heavy (non-hydrogen) atoms. The van der Waals surface area contributed by atoms with Gasteiger partial charge in [-0.3, -0.25) is 9.35 Å². The lowest BCUT2D eigenvalue weighted by molar-refractivity contribution is -0.347. The average molecular weight is 475 g/mol. The number of nitrogens with one attached hydrogen (secondary N) is 1. The maximum atomic E-state index is 13.5. The molecule has 0 bridgehead atoms. The van der Waals surface area contributed by atoms with Gasteiger partial charge in [-0.15, -0.1) is 6.58 Å². The van der Waals surface area contributed by atoms with Gasteiger partial charge in [0.1, 0.15) is 0 Å². The summed E-state index contributed by atoms with van der Waals surface area (Å²) in [6, 6.07) is 0. The summed E-state index contributed by atoms with van der Waals surface area (Å²) in [6.45, 7) is 3.84. The zero-order valence-corrected chi connectivity index (χ0v) is 15.7. The van der Waals surface area contributed by atoms with Gasteiger partial charge >= 0.3 is 45.1 Å². The molecule has 1 atom stereocenters. The maximum absolute atomic E-state index is 13.5. The highest BCUT2D eigenvalue weighted by molar-refractivity contribution is 7.87. The van der Waals surface area contributed by atoms with Gasteiger partial charge in [-0.25, -0.2) is 4.79 Å². The van der Waals surface area contributed by atoms with Crippen LogP contribution in [0.3, 0.4) is 0 Å². The van der Waals surface area contributed by atoms with Crippen molar-refractivity contribution in [2.75, 3.05) is 13.2 Å². The Bertz CT molecular complexity index is 767. The second-order valence-corrected chi connectivity index (χ2v) is 6.85. The van der Waals surface area contributed by atoms with Crippen LogP contribution in [-0.2, 0) is 29.2 Å². The third kappa shape index (κ3) is 6.15. The Kier molecular flexibility index (Phi) is 9.02. The Hall–Kier alpha value is -2.20. The second-order valence-electron chi connectivity index (χ2n) is 5.39. The Morgan fingerprint density at radius 2 is 1.60 bits per heavy atom. The lowest BCUT2D eigenvalue weighted by atomic mass is 10.2. The molecule has 0 heterocycles. The van der Waals surface area contributed by atoms with Crippen LogP contribution in [-0.4, -0.2) is 61.1 Å². The van der Waals surface area contributed by atoms with Gasteiger partial charge in [0, 0.05) is 19.0 Å². The predicted molar refractivity (Wildman–Crippen MR) is 84.9 cm³/mol. The van der Waals surface area contributed by atoms with E-state index in [1.807, 2.05) is 0 Å². The molecule has 0 aliphatic carbocycles. The zero-order chi connectivity index (χ0) is 24.0. The largest absolute Gasteiger partial charge is 0.466 e. The van der Waals surface area contributed by atoms with Crippen molar-refractivity contribution in [3.63, 3.8) is 0 Å². The maximum Gasteiger partial charge on any atom is 0.466 e. The molecule has 0 radical (unpaired) electrons. The summed E-state index contributed by atoms with van der Waals surface area (Å²) in [5.41, 5.74) is 0. The van der Waals surface area contributed by atoms with Gasteiger partial charge in [-0.1, -0.05) is 12.7 Å². The minimum absolute atomic E-state index is 0.228. The van der Waals surface area contributed by atoms with Crippen molar-refractivity contribution in [3.8, 4) is 0 Å². The fraction of sp³-hybridized carbons (Fsp3) is 0.571. The first-order chi connectivity index (χ1) is 13.4. The highest BCUT2D eigenvalue weighted by Gasteiger charge is 2.67. The lowest BCUT2D eigenvalue weighted by Crippen LogP contribution is -2.61. The van der Waals surface area contributed by atoms with Crippen molar-refractivity contribution >= 4 is 22.0 Å². The van der Waals surface area contributed by atoms with E-state index in [9.17, 15) is 48.7 Å². The topological polar surface area (TPSA) is 119 Å². The van der Waals surface area contributed by atoms with Crippen molar-refractivity contribution in [1.29, 1.82) is 0 Å². The molecule has 0 aromatic carbocycles. The van der Waals surface area contributed by atoms with E-state index in [4.69, 9.17) is 4.55 Å². The van der Waals surface area contributed by atoms with E-state index in [0.717, 1.165) is 6.08 Å². The summed E-state index contributed by atoms with van der Waals surface area (Å²) in [6.07, 6.45) is -8.07. The van der Waals surface area contributed by atoms with Gasteiger partial charge in [-0.2, -0.15) is 39.2 Å². The van der Waals surface area contributed by atoms with E-state index in [1.165, 1.54) is 0 Å². The monoisotopic (exact) mass is 475 g/mol. The molecule has 16 heteroatoms. The molecule has 0 saturated heterocycles. The van der Waals surface area contributed by atoms with Crippen LogP contribution in [0.1, 0.15) is 12.8 Å². The fourth-order valence-corrected chi connectivity index (χ4v) is 2.20. The van der Waals surface area contributed by atoms with Gasteiger partial charge in [0.2, 0.25) is 0 Å². The molecule has 0 aromatic heterocycles. The highest BCUT2D eigenvalue weighted by atomic mass is 32.2. The van der Waals surface area contributed by atoms with Crippen molar-refractivity contribution in [2.24, 2.45) is 0 Å². The number of ether oxygens (including phenoxy) is 2. The van der Waals surface area contributed by atoms with E-state index in [0.29, 0.717) is 0 Å². The number of rotatable bonds is 12. The Labute approximate surface area is 165 Å². The number of carbonyl (C=O) groups excluding carboxylic acids is 2. The highest BCUT2D eigenvalue weighted by Crippen LogP contribution is 2.42. The molecule has 174 valence electrons. The number of esters is 1. The average Bonchev–Trinajstić information content (AvgIpc) is 2.59. The first-order valence-electron chi connectivity index (χ1n) is 7.57. The molecule has 2 N–H and O–H groups in total. The quantitative estimate of drug-likeness (QED) is 0.0845. The van der Waals surface area contributed by atoms with Crippen molar-refractivity contribution in [2.45, 2.75) is 36.0 Å². The third-order valence-electron chi connectivity index (χ3n) is 3.18. The van der Waals surface area contributed by atoms with Crippen molar-refractivity contribution in [3.05, 3.63) is 25.3 Å². The number of alkyl halides is 7. The van der Waals surface area contributed by atoms with E-state index >= 15 is 0 Å². The summed E-state index contributed by atoms with van der Waals surface area (Å²) in [5, 5.41) is -4.33. The van der Waals surface area contributed by atoms with E-state index in [1.54, 1.807) is 5.32 Å². The van der Waals surface area contributed by atoms with E-state index in [-0.39, 0.29) is 6.08 Å². The van der Waals surface area contributed by atoms with Gasteiger partial charge in [0.15, 0.2) is 0 Å².